The van der Waals surface area contributed by atoms with Gasteiger partial charge in [-0.05, 0) is 66.0 Å². The van der Waals surface area contributed by atoms with Gasteiger partial charge in [0.05, 0.1) is 11.5 Å². The number of nitrogens with zero attached hydrogens (tertiary/aromatic N) is 2. The van der Waals surface area contributed by atoms with E-state index in [-0.39, 0.29) is 17.5 Å². The van der Waals surface area contributed by atoms with Crippen LogP contribution in [0.5, 0.6) is 0 Å². The van der Waals surface area contributed by atoms with Gasteiger partial charge in [0.2, 0.25) is 0 Å². The van der Waals surface area contributed by atoms with E-state index >= 15 is 0 Å². The van der Waals surface area contributed by atoms with Crippen molar-refractivity contribution >= 4 is 21.7 Å². The highest BCUT2D eigenvalue weighted by molar-refractivity contribution is 6.41. The summed E-state index contributed by atoms with van der Waals surface area (Å²) in [6, 6.07) is 10.5. The average molecular weight is 397 g/mol. The summed E-state index contributed by atoms with van der Waals surface area (Å²) in [6.45, 7) is 2.23. The molecule has 2 aliphatic carbocycles. The molecule has 4 radical (unpaired) electrons. The molecular formula is C23H25B2N3O2. The standard InChI is InChI=1S/C23H25B2N3O2/c1-14-11-21(8-7-19(14)29-2)12-16-6-5-15(17-4-3-9-27-13-17)10-18(16)22(21)23(24,25)30-20(26)28-22/h3-6,9-10,13-14,19H,7-8,11-12H2,1-2H3,(H2,26,28)/t14-,19-,21-,22+/m1/s1. The van der Waals surface area contributed by atoms with Gasteiger partial charge in [0, 0.05) is 24.9 Å². The first-order valence-corrected chi connectivity index (χ1v) is 10.5. The van der Waals surface area contributed by atoms with E-state index < -0.39 is 10.9 Å². The number of aliphatic imine (C=N–C) groups is 1. The Hall–Kier alpha value is -2.27. The van der Waals surface area contributed by atoms with Crippen LogP contribution in [0.4, 0.5) is 0 Å². The molecule has 30 heavy (non-hydrogen) atoms. The minimum absolute atomic E-state index is 0.0560. The van der Waals surface area contributed by atoms with E-state index in [0.717, 1.165) is 42.4 Å². The highest BCUT2D eigenvalue weighted by atomic mass is 16.5. The number of hydrogen-bond acceptors (Lipinski definition) is 5. The van der Waals surface area contributed by atoms with Gasteiger partial charge in [-0.2, -0.15) is 0 Å². The van der Waals surface area contributed by atoms with E-state index in [1.807, 2.05) is 18.3 Å². The lowest BCUT2D eigenvalue weighted by atomic mass is 9.44. The molecule has 0 unspecified atom stereocenters. The fourth-order valence-electron chi connectivity index (χ4n) is 6.28. The molecule has 1 aromatic carbocycles. The molecule has 5 rings (SSSR count). The Morgan fingerprint density at radius 1 is 1.23 bits per heavy atom. The van der Waals surface area contributed by atoms with Crippen molar-refractivity contribution in [1.82, 2.24) is 4.98 Å². The molecule has 2 heterocycles. The molecule has 150 valence electrons. The molecule has 0 bridgehead atoms. The highest BCUT2D eigenvalue weighted by Gasteiger charge is 2.68. The second-order valence-electron chi connectivity index (χ2n) is 9.12. The van der Waals surface area contributed by atoms with Crippen molar-refractivity contribution < 1.29 is 9.47 Å². The SMILES string of the molecule is [B]C1([B])OC(N)=N[C@]12c1cc(-c3cccnc3)ccc1C[C@]21CC[C@@H](OC)[C@H](C)C1. The maximum Gasteiger partial charge on any atom is 0.281 e. The molecule has 3 aliphatic rings. The third-order valence-electron chi connectivity index (χ3n) is 7.47. The highest BCUT2D eigenvalue weighted by Crippen LogP contribution is 2.65. The number of fused-ring (bicyclic) bond motifs is 3. The van der Waals surface area contributed by atoms with E-state index in [1.165, 1.54) is 5.56 Å². The minimum Gasteiger partial charge on any atom is -0.476 e. The number of methoxy groups -OCH3 is 1. The Morgan fingerprint density at radius 2 is 2.07 bits per heavy atom. The summed E-state index contributed by atoms with van der Waals surface area (Å²) in [5.74, 6) is 0.348. The van der Waals surface area contributed by atoms with Crippen molar-refractivity contribution in [2.75, 3.05) is 7.11 Å². The lowest BCUT2D eigenvalue weighted by molar-refractivity contribution is -0.0559. The third kappa shape index (κ3) is 2.54. The van der Waals surface area contributed by atoms with Gasteiger partial charge in [0.25, 0.3) is 6.02 Å². The van der Waals surface area contributed by atoms with Crippen molar-refractivity contribution in [3.05, 3.63) is 53.9 Å². The molecule has 2 aromatic rings. The van der Waals surface area contributed by atoms with Gasteiger partial charge in [0.15, 0.2) is 0 Å². The molecule has 4 atom stereocenters. The second-order valence-corrected chi connectivity index (χ2v) is 9.12. The van der Waals surface area contributed by atoms with Crippen LogP contribution in [0.25, 0.3) is 11.1 Å². The van der Waals surface area contributed by atoms with Gasteiger partial charge >= 0.3 is 0 Å². The molecular weight excluding hydrogens is 372 g/mol. The zero-order valence-electron chi connectivity index (χ0n) is 17.5. The fourth-order valence-corrected chi connectivity index (χ4v) is 6.28. The number of ether oxygens (including phenoxy) is 2. The monoisotopic (exact) mass is 397 g/mol. The first-order chi connectivity index (χ1) is 14.3. The largest absolute Gasteiger partial charge is 0.476 e. The summed E-state index contributed by atoms with van der Waals surface area (Å²) in [5, 5.41) is -1.52. The first-order valence-electron chi connectivity index (χ1n) is 10.5. The maximum atomic E-state index is 6.65. The molecule has 1 saturated carbocycles. The van der Waals surface area contributed by atoms with Crippen LogP contribution in [-0.4, -0.2) is 45.3 Å². The molecule has 0 saturated heterocycles. The number of aromatic nitrogens is 1. The van der Waals surface area contributed by atoms with E-state index in [9.17, 15) is 0 Å². The molecule has 7 heteroatoms. The van der Waals surface area contributed by atoms with Crippen LogP contribution < -0.4 is 5.73 Å². The van der Waals surface area contributed by atoms with Gasteiger partial charge in [-0.25, -0.2) is 4.99 Å². The van der Waals surface area contributed by atoms with Gasteiger partial charge in [-0.15, -0.1) is 0 Å². The lowest BCUT2D eigenvalue weighted by Gasteiger charge is -2.53. The van der Waals surface area contributed by atoms with Crippen molar-refractivity contribution in [3.63, 3.8) is 0 Å². The van der Waals surface area contributed by atoms with Gasteiger partial charge in [-0.3, -0.25) is 4.98 Å². The minimum atomic E-state index is -1.52. The van der Waals surface area contributed by atoms with Crippen LogP contribution in [-0.2, 0) is 21.4 Å². The number of benzene rings is 1. The molecule has 1 aromatic heterocycles. The Morgan fingerprint density at radius 3 is 2.70 bits per heavy atom. The summed E-state index contributed by atoms with van der Waals surface area (Å²) in [7, 11) is 15.1. The smallest absolute Gasteiger partial charge is 0.281 e. The van der Waals surface area contributed by atoms with Crippen molar-refractivity contribution in [1.29, 1.82) is 0 Å². The van der Waals surface area contributed by atoms with E-state index in [1.54, 1.807) is 13.3 Å². The Balaban J connectivity index is 1.70. The van der Waals surface area contributed by atoms with E-state index in [0.29, 0.717) is 5.92 Å². The maximum absolute atomic E-state index is 6.65. The van der Waals surface area contributed by atoms with Crippen molar-refractivity contribution in [2.45, 2.75) is 49.6 Å². The topological polar surface area (TPSA) is 69.7 Å². The van der Waals surface area contributed by atoms with Crippen LogP contribution in [0.1, 0.15) is 37.3 Å². The van der Waals surface area contributed by atoms with Crippen LogP contribution >= 0.6 is 0 Å². The number of pyridine rings is 1. The van der Waals surface area contributed by atoms with E-state index in [4.69, 9.17) is 35.9 Å². The predicted molar refractivity (Wildman–Crippen MR) is 118 cm³/mol. The average Bonchev–Trinajstić information content (AvgIpc) is 3.13. The molecule has 5 nitrogen and oxygen atoms in total. The number of hydrogen-bond donors (Lipinski definition) is 1. The molecule has 2 spiro atoms. The summed E-state index contributed by atoms with van der Waals surface area (Å²) < 4.78 is 11.5. The Labute approximate surface area is 180 Å². The van der Waals surface area contributed by atoms with E-state index in [2.05, 4.69) is 30.1 Å². The number of amidine groups is 1. The summed E-state index contributed by atoms with van der Waals surface area (Å²) >= 11 is 0. The number of nitrogens with two attached hydrogens (primary N) is 1. The van der Waals surface area contributed by atoms with Crippen LogP contribution in [0.15, 0.2) is 47.7 Å². The van der Waals surface area contributed by atoms with Crippen LogP contribution in [0.3, 0.4) is 0 Å². The molecule has 2 N–H and O–H groups in total. The molecule has 1 aliphatic heterocycles. The summed E-state index contributed by atoms with van der Waals surface area (Å²) in [6.07, 6.45) is 7.38. The number of rotatable bonds is 2. The Bertz CT molecular complexity index is 1010. The summed E-state index contributed by atoms with van der Waals surface area (Å²) in [4.78, 5) is 9.14. The van der Waals surface area contributed by atoms with Crippen molar-refractivity contribution in [2.24, 2.45) is 22.1 Å². The Kier molecular flexibility index (Phi) is 4.34. The normalized spacial score (nSPS) is 34.0. The third-order valence-corrected chi connectivity index (χ3v) is 7.47. The summed E-state index contributed by atoms with van der Waals surface area (Å²) in [5.41, 5.74) is 9.16. The van der Waals surface area contributed by atoms with Gasteiger partial charge in [-0.1, -0.05) is 25.1 Å². The zero-order chi connectivity index (χ0) is 21.1. The predicted octanol–water partition coefficient (Wildman–Crippen LogP) is 2.66. The molecule has 1 fully saturated rings. The lowest BCUT2D eigenvalue weighted by Crippen LogP contribution is -2.60. The van der Waals surface area contributed by atoms with Crippen LogP contribution in [0.2, 0.25) is 0 Å². The van der Waals surface area contributed by atoms with Crippen molar-refractivity contribution in [3.8, 4) is 11.1 Å². The van der Waals surface area contributed by atoms with Gasteiger partial charge in [0.1, 0.15) is 21.2 Å². The zero-order valence-corrected chi connectivity index (χ0v) is 17.5. The van der Waals surface area contributed by atoms with Crippen LogP contribution in [0, 0.1) is 11.3 Å². The first kappa shape index (κ1) is 19.7. The van der Waals surface area contributed by atoms with Gasteiger partial charge < -0.3 is 15.2 Å². The molecule has 0 amide bonds. The fraction of sp³-hybridized carbons (Fsp3) is 0.478. The quantitative estimate of drug-likeness (QED) is 0.792. The second kappa shape index (κ2) is 6.61.